The highest BCUT2D eigenvalue weighted by Gasteiger charge is 2.32. The molecule has 2 aliphatic rings. The van der Waals surface area contributed by atoms with E-state index < -0.39 is 6.10 Å². The van der Waals surface area contributed by atoms with Crippen LogP contribution in [0, 0.1) is 0 Å². The predicted molar refractivity (Wildman–Crippen MR) is 86.0 cm³/mol. The molecule has 6 nitrogen and oxygen atoms in total. The van der Waals surface area contributed by atoms with Gasteiger partial charge in [0.1, 0.15) is 6.61 Å². The molecule has 3 heterocycles. The van der Waals surface area contributed by atoms with Crippen molar-refractivity contribution in [2.45, 2.75) is 31.4 Å². The molecule has 0 saturated carbocycles. The van der Waals surface area contributed by atoms with Gasteiger partial charge in [0.15, 0.2) is 0 Å². The molecule has 0 aromatic carbocycles. The largest absolute Gasteiger partial charge is 0.387 e. The lowest BCUT2D eigenvalue weighted by molar-refractivity contribution is -0.149. The second-order valence-electron chi connectivity index (χ2n) is 6.02. The zero-order valence-electron chi connectivity index (χ0n) is 13.0. The summed E-state index contributed by atoms with van der Waals surface area (Å²) < 4.78 is 5.09. The molecule has 0 unspecified atom stereocenters. The second kappa shape index (κ2) is 7.42. The van der Waals surface area contributed by atoms with Crippen molar-refractivity contribution in [1.82, 2.24) is 9.80 Å². The van der Waals surface area contributed by atoms with Gasteiger partial charge in [0.05, 0.1) is 19.3 Å². The Bertz CT molecular complexity index is 548. The molecule has 1 N–H and O–H groups in total. The third-order valence-corrected chi connectivity index (χ3v) is 5.45. The Labute approximate surface area is 139 Å². The van der Waals surface area contributed by atoms with E-state index in [1.54, 1.807) is 4.90 Å². The van der Waals surface area contributed by atoms with Crippen LogP contribution in [0.2, 0.25) is 0 Å². The van der Waals surface area contributed by atoms with Crippen molar-refractivity contribution >= 4 is 23.2 Å². The maximum Gasteiger partial charge on any atom is 0.249 e. The molecule has 0 bridgehead atoms. The molecule has 2 amide bonds. The molecule has 2 aliphatic heterocycles. The fourth-order valence-electron chi connectivity index (χ4n) is 3.24. The highest BCUT2D eigenvalue weighted by atomic mass is 32.1. The standard InChI is InChI=1S/C16H22N2O4S/c19-13(14-4-2-8-23-14)9-12-3-1-5-18(12)15(20)10-17-6-7-22-11-16(17)21/h2,4,8,12-13,19H,1,3,5-7,9-11H2/t12-,13+/m0/s1. The number of hydrogen-bond donors (Lipinski definition) is 1. The van der Waals surface area contributed by atoms with Crippen molar-refractivity contribution in [1.29, 1.82) is 0 Å². The lowest BCUT2D eigenvalue weighted by Crippen LogP contribution is -2.49. The minimum absolute atomic E-state index is 0.0267. The Morgan fingerprint density at radius 2 is 2.35 bits per heavy atom. The normalized spacial score (nSPS) is 23.3. The molecule has 1 aromatic heterocycles. The number of thiophene rings is 1. The number of amides is 2. The summed E-state index contributed by atoms with van der Waals surface area (Å²) >= 11 is 1.53. The minimum Gasteiger partial charge on any atom is -0.387 e. The molecule has 23 heavy (non-hydrogen) atoms. The van der Waals surface area contributed by atoms with Crippen molar-refractivity contribution in [3.8, 4) is 0 Å². The number of hydrogen-bond acceptors (Lipinski definition) is 5. The van der Waals surface area contributed by atoms with E-state index in [0.29, 0.717) is 26.1 Å². The molecule has 3 rings (SSSR count). The Morgan fingerprint density at radius 1 is 1.48 bits per heavy atom. The van der Waals surface area contributed by atoms with Gasteiger partial charge in [-0.1, -0.05) is 6.07 Å². The molecule has 7 heteroatoms. The van der Waals surface area contributed by atoms with Crippen LogP contribution in [0.5, 0.6) is 0 Å². The highest BCUT2D eigenvalue weighted by Crippen LogP contribution is 2.29. The molecule has 0 spiro atoms. The van der Waals surface area contributed by atoms with Crippen LogP contribution in [0.3, 0.4) is 0 Å². The van der Waals surface area contributed by atoms with Crippen molar-refractivity contribution < 1.29 is 19.4 Å². The van der Waals surface area contributed by atoms with Gasteiger partial charge in [-0.05, 0) is 30.7 Å². The van der Waals surface area contributed by atoms with E-state index in [-0.39, 0.29) is 31.0 Å². The molecule has 2 saturated heterocycles. The molecule has 2 fully saturated rings. The van der Waals surface area contributed by atoms with Crippen LogP contribution in [0.4, 0.5) is 0 Å². The first-order valence-corrected chi connectivity index (χ1v) is 8.89. The summed E-state index contributed by atoms with van der Waals surface area (Å²) in [5.74, 6) is -0.153. The van der Waals surface area contributed by atoms with Gasteiger partial charge < -0.3 is 19.6 Å². The molecule has 1 aromatic rings. The van der Waals surface area contributed by atoms with Crippen molar-refractivity contribution in [2.75, 3.05) is 32.8 Å². The van der Waals surface area contributed by atoms with Gasteiger partial charge in [-0.15, -0.1) is 11.3 Å². The number of likely N-dealkylation sites (tertiary alicyclic amines) is 1. The maximum atomic E-state index is 12.5. The van der Waals surface area contributed by atoms with Gasteiger partial charge in [0.25, 0.3) is 0 Å². The van der Waals surface area contributed by atoms with E-state index in [1.165, 1.54) is 11.3 Å². The van der Waals surface area contributed by atoms with Gasteiger partial charge in [0.2, 0.25) is 11.8 Å². The zero-order chi connectivity index (χ0) is 16.2. The first-order valence-electron chi connectivity index (χ1n) is 8.01. The van der Waals surface area contributed by atoms with Crippen LogP contribution in [0.25, 0.3) is 0 Å². The quantitative estimate of drug-likeness (QED) is 0.870. The average Bonchev–Trinajstić information content (AvgIpc) is 3.20. The maximum absolute atomic E-state index is 12.5. The van der Waals surface area contributed by atoms with Crippen molar-refractivity contribution in [2.24, 2.45) is 0 Å². The Morgan fingerprint density at radius 3 is 3.09 bits per heavy atom. The highest BCUT2D eigenvalue weighted by molar-refractivity contribution is 7.10. The van der Waals surface area contributed by atoms with E-state index in [4.69, 9.17) is 4.74 Å². The van der Waals surface area contributed by atoms with Crippen LogP contribution in [0.15, 0.2) is 17.5 Å². The molecular weight excluding hydrogens is 316 g/mol. The summed E-state index contributed by atoms with van der Waals surface area (Å²) in [6.07, 6.45) is 1.89. The van der Waals surface area contributed by atoms with Crippen LogP contribution in [-0.2, 0) is 14.3 Å². The number of aliphatic hydroxyl groups is 1. The van der Waals surface area contributed by atoms with Crippen molar-refractivity contribution in [3.63, 3.8) is 0 Å². The summed E-state index contributed by atoms with van der Waals surface area (Å²) in [5.41, 5.74) is 0. The first kappa shape index (κ1) is 16.4. The number of carbonyl (C=O) groups is 2. The minimum atomic E-state index is -0.529. The summed E-state index contributed by atoms with van der Waals surface area (Å²) in [7, 11) is 0. The lowest BCUT2D eigenvalue weighted by atomic mass is 10.1. The summed E-state index contributed by atoms with van der Waals surface area (Å²) in [5, 5.41) is 12.3. The third-order valence-electron chi connectivity index (χ3n) is 4.47. The fraction of sp³-hybridized carbons (Fsp3) is 0.625. The van der Waals surface area contributed by atoms with Crippen molar-refractivity contribution in [3.05, 3.63) is 22.4 Å². The number of rotatable bonds is 5. The van der Waals surface area contributed by atoms with E-state index >= 15 is 0 Å². The number of nitrogens with zero attached hydrogens (tertiary/aromatic N) is 2. The van der Waals surface area contributed by atoms with Gasteiger partial charge >= 0.3 is 0 Å². The summed E-state index contributed by atoms with van der Waals surface area (Å²) in [6.45, 7) is 1.85. The molecular formula is C16H22N2O4S. The van der Waals surface area contributed by atoms with Gasteiger partial charge in [-0.25, -0.2) is 0 Å². The number of aliphatic hydroxyl groups excluding tert-OH is 1. The smallest absolute Gasteiger partial charge is 0.249 e. The van der Waals surface area contributed by atoms with Gasteiger partial charge in [-0.2, -0.15) is 0 Å². The van der Waals surface area contributed by atoms with E-state index in [1.807, 2.05) is 22.4 Å². The van der Waals surface area contributed by atoms with E-state index in [9.17, 15) is 14.7 Å². The Kier molecular flexibility index (Phi) is 5.30. The monoisotopic (exact) mass is 338 g/mol. The summed E-state index contributed by atoms with van der Waals surface area (Å²) in [6, 6.07) is 3.89. The number of ether oxygens (including phenoxy) is 1. The third kappa shape index (κ3) is 3.91. The SMILES string of the molecule is O=C1COCCN1CC(=O)N1CCC[C@H]1C[C@@H](O)c1cccs1. The van der Waals surface area contributed by atoms with Gasteiger partial charge in [0, 0.05) is 24.0 Å². The fourth-order valence-corrected chi connectivity index (χ4v) is 3.96. The molecule has 0 radical (unpaired) electrons. The molecule has 0 aliphatic carbocycles. The Hall–Kier alpha value is -1.44. The molecule has 2 atom stereocenters. The Balaban J connectivity index is 1.57. The number of carbonyl (C=O) groups excluding carboxylic acids is 2. The van der Waals surface area contributed by atoms with E-state index in [0.717, 1.165) is 17.7 Å². The second-order valence-corrected chi connectivity index (χ2v) is 7.00. The lowest BCUT2D eigenvalue weighted by Gasteiger charge is -2.31. The van der Waals surface area contributed by atoms with Gasteiger partial charge in [-0.3, -0.25) is 9.59 Å². The number of morpholine rings is 1. The topological polar surface area (TPSA) is 70.1 Å². The van der Waals surface area contributed by atoms with Crippen LogP contribution < -0.4 is 0 Å². The van der Waals surface area contributed by atoms with Crippen LogP contribution in [0.1, 0.15) is 30.2 Å². The van der Waals surface area contributed by atoms with E-state index in [2.05, 4.69) is 0 Å². The molecule has 126 valence electrons. The first-order chi connectivity index (χ1) is 11.1. The zero-order valence-corrected chi connectivity index (χ0v) is 13.8. The van der Waals surface area contributed by atoms with Crippen LogP contribution >= 0.6 is 11.3 Å². The van der Waals surface area contributed by atoms with Crippen LogP contribution in [-0.4, -0.2) is 65.6 Å². The summed E-state index contributed by atoms with van der Waals surface area (Å²) in [4.78, 5) is 28.6. The average molecular weight is 338 g/mol. The predicted octanol–water partition coefficient (Wildman–Crippen LogP) is 1.02.